The molecule has 0 spiro atoms. The number of aromatic amines is 1. The van der Waals surface area contributed by atoms with Gasteiger partial charge in [0.05, 0.1) is 22.1 Å². The van der Waals surface area contributed by atoms with E-state index in [1.54, 1.807) is 0 Å². The van der Waals surface area contributed by atoms with E-state index >= 15 is 0 Å². The first kappa shape index (κ1) is 15.9. The lowest BCUT2D eigenvalue weighted by molar-refractivity contribution is 0.752. The Hall–Kier alpha value is -3.32. The average molecular weight is 360 g/mol. The monoisotopic (exact) mass is 360 g/mol. The Morgan fingerprint density at radius 1 is 1.15 bits per heavy atom. The molecule has 3 heterocycles. The van der Waals surface area contributed by atoms with Gasteiger partial charge in [0, 0.05) is 30.2 Å². The molecule has 1 aliphatic heterocycles. The summed E-state index contributed by atoms with van der Waals surface area (Å²) < 4.78 is 1.18. The molecule has 7 nitrogen and oxygen atoms in total. The van der Waals surface area contributed by atoms with Gasteiger partial charge < -0.3 is 21.5 Å². The molecule has 2 aromatic heterocycles. The zero-order valence-corrected chi connectivity index (χ0v) is 14.7. The number of nitrogens with two attached hydrogens (primary N) is 2. The van der Waals surface area contributed by atoms with Crippen LogP contribution in [-0.4, -0.2) is 33.8 Å². The smallest absolute Gasteiger partial charge is 0.280 e. The van der Waals surface area contributed by atoms with Gasteiger partial charge in [-0.25, -0.2) is 9.66 Å². The van der Waals surface area contributed by atoms with E-state index in [0.29, 0.717) is 16.9 Å². The zero-order chi connectivity index (χ0) is 18.5. The number of nitrogens with zero attached hydrogens (tertiary/aromatic N) is 3. The lowest BCUT2D eigenvalue weighted by atomic mass is 10.1. The van der Waals surface area contributed by atoms with Gasteiger partial charge in [-0.2, -0.15) is 0 Å². The Morgan fingerprint density at radius 2 is 2.00 bits per heavy atom. The summed E-state index contributed by atoms with van der Waals surface area (Å²) in [7, 11) is 0. The van der Waals surface area contributed by atoms with Gasteiger partial charge in [0.1, 0.15) is 5.82 Å². The Bertz CT molecular complexity index is 1220. The lowest BCUT2D eigenvalue weighted by Crippen LogP contribution is -2.28. The fourth-order valence-electron chi connectivity index (χ4n) is 3.80. The predicted molar refractivity (Wildman–Crippen MR) is 108 cm³/mol. The van der Waals surface area contributed by atoms with Crippen molar-refractivity contribution >= 4 is 27.6 Å². The maximum Gasteiger partial charge on any atom is 0.280 e. The third kappa shape index (κ3) is 2.55. The second kappa shape index (κ2) is 5.85. The number of benzene rings is 2. The molecular formula is C20H20N6O. The number of fused-ring (bicyclic) bond motifs is 2. The van der Waals surface area contributed by atoms with Crippen LogP contribution in [0.3, 0.4) is 0 Å². The molecule has 7 heteroatoms. The van der Waals surface area contributed by atoms with Crippen LogP contribution in [0, 0.1) is 0 Å². The molecule has 1 saturated heterocycles. The Balaban J connectivity index is 1.62. The number of nitrogens with one attached hydrogen (secondary N) is 1. The largest absolute Gasteiger partial charge is 0.370 e. The van der Waals surface area contributed by atoms with Crippen LogP contribution in [0.4, 0.5) is 5.69 Å². The highest BCUT2D eigenvalue weighted by Crippen LogP contribution is 2.26. The number of imidazole rings is 1. The van der Waals surface area contributed by atoms with Crippen LogP contribution in [0.15, 0.2) is 53.3 Å². The third-order valence-electron chi connectivity index (χ3n) is 5.26. The van der Waals surface area contributed by atoms with Crippen LogP contribution >= 0.6 is 0 Å². The zero-order valence-electron chi connectivity index (χ0n) is 14.7. The topological polar surface area (TPSA) is 106 Å². The van der Waals surface area contributed by atoms with Crippen molar-refractivity contribution in [2.75, 3.05) is 23.8 Å². The van der Waals surface area contributed by atoms with Crippen molar-refractivity contribution in [2.45, 2.75) is 12.5 Å². The van der Waals surface area contributed by atoms with Crippen molar-refractivity contribution < 1.29 is 0 Å². The summed E-state index contributed by atoms with van der Waals surface area (Å²) >= 11 is 0. The number of hydrogen-bond donors (Lipinski definition) is 3. The van der Waals surface area contributed by atoms with E-state index in [4.69, 9.17) is 11.6 Å². The normalized spacial score (nSPS) is 17.2. The van der Waals surface area contributed by atoms with E-state index in [-0.39, 0.29) is 11.6 Å². The van der Waals surface area contributed by atoms with Gasteiger partial charge in [-0.1, -0.05) is 18.2 Å². The molecule has 5 rings (SSSR count). The minimum absolute atomic E-state index is 0.221. The number of aromatic nitrogens is 3. The highest BCUT2D eigenvalue weighted by molar-refractivity contribution is 5.86. The van der Waals surface area contributed by atoms with Crippen LogP contribution in [0.25, 0.3) is 33.3 Å². The molecule has 0 amide bonds. The lowest BCUT2D eigenvalue weighted by Gasteiger charge is -2.17. The van der Waals surface area contributed by atoms with E-state index in [0.717, 1.165) is 41.6 Å². The number of pyridine rings is 1. The average Bonchev–Trinajstić information content (AvgIpc) is 3.30. The number of hydrogen-bond acceptors (Lipinski definition) is 5. The van der Waals surface area contributed by atoms with Crippen molar-refractivity contribution in [3.63, 3.8) is 0 Å². The summed E-state index contributed by atoms with van der Waals surface area (Å²) in [5, 5.41) is 0.891. The summed E-state index contributed by atoms with van der Waals surface area (Å²) in [5.74, 6) is 6.54. The van der Waals surface area contributed by atoms with Crippen LogP contribution < -0.4 is 22.0 Å². The SMILES string of the molecule is NC1CCN(c2ccc3nc(-c4cc5ccccc5n(N)c4=O)[nH]c3c2)C1. The van der Waals surface area contributed by atoms with Crippen molar-refractivity contribution in [1.29, 1.82) is 0 Å². The summed E-state index contributed by atoms with van der Waals surface area (Å²) in [6, 6.07) is 15.7. The molecule has 1 atom stereocenters. The first-order valence-corrected chi connectivity index (χ1v) is 9.01. The number of rotatable bonds is 2. The predicted octanol–water partition coefficient (Wildman–Crippen LogP) is 1.80. The number of nitrogen functional groups attached to an aromatic ring is 1. The highest BCUT2D eigenvalue weighted by atomic mass is 16.1. The molecule has 1 unspecified atom stereocenters. The van der Waals surface area contributed by atoms with E-state index < -0.39 is 0 Å². The van der Waals surface area contributed by atoms with Gasteiger partial charge in [0.2, 0.25) is 0 Å². The van der Waals surface area contributed by atoms with Crippen molar-refractivity contribution in [3.05, 3.63) is 58.9 Å². The summed E-state index contributed by atoms with van der Waals surface area (Å²) in [4.78, 5) is 22.9. The van der Waals surface area contributed by atoms with Crippen LogP contribution in [0.5, 0.6) is 0 Å². The first-order chi connectivity index (χ1) is 13.1. The van der Waals surface area contributed by atoms with E-state index in [1.165, 1.54) is 4.68 Å². The molecule has 0 aliphatic carbocycles. The standard InChI is InChI=1S/C20H20N6O/c21-13-7-8-25(11-13)14-5-6-16-17(10-14)24-19(23-16)15-9-12-3-1-2-4-18(12)26(22)20(15)27/h1-6,9-10,13H,7-8,11,21-22H2,(H,23,24). The van der Waals surface area contributed by atoms with Crippen LogP contribution in [0.2, 0.25) is 0 Å². The van der Waals surface area contributed by atoms with Crippen molar-refractivity contribution in [2.24, 2.45) is 5.73 Å². The molecule has 0 bridgehead atoms. The molecule has 4 aromatic rings. The Labute approximate surface area is 155 Å². The van der Waals surface area contributed by atoms with Gasteiger partial charge in [-0.05, 0) is 36.8 Å². The van der Waals surface area contributed by atoms with Gasteiger partial charge in [0.25, 0.3) is 5.56 Å². The Morgan fingerprint density at radius 3 is 2.81 bits per heavy atom. The van der Waals surface area contributed by atoms with Gasteiger partial charge in [-0.3, -0.25) is 4.79 Å². The quantitative estimate of drug-likeness (QED) is 0.473. The fourth-order valence-corrected chi connectivity index (χ4v) is 3.80. The van der Waals surface area contributed by atoms with Crippen LogP contribution in [-0.2, 0) is 0 Å². The molecule has 0 saturated carbocycles. The van der Waals surface area contributed by atoms with Crippen molar-refractivity contribution in [3.8, 4) is 11.4 Å². The number of para-hydroxylation sites is 1. The summed E-state index contributed by atoms with van der Waals surface area (Å²) in [6.07, 6.45) is 0.999. The van der Waals surface area contributed by atoms with Gasteiger partial charge in [-0.15, -0.1) is 0 Å². The second-order valence-electron chi connectivity index (χ2n) is 7.07. The second-order valence-corrected chi connectivity index (χ2v) is 7.07. The van der Waals surface area contributed by atoms with E-state index in [1.807, 2.05) is 42.5 Å². The van der Waals surface area contributed by atoms with Crippen molar-refractivity contribution in [1.82, 2.24) is 14.6 Å². The summed E-state index contributed by atoms with van der Waals surface area (Å²) in [5.41, 5.74) is 9.70. The molecular weight excluding hydrogens is 340 g/mol. The Kier molecular flexibility index (Phi) is 3.45. The molecule has 27 heavy (non-hydrogen) atoms. The van der Waals surface area contributed by atoms with Gasteiger partial charge >= 0.3 is 0 Å². The molecule has 1 aliphatic rings. The molecule has 1 fully saturated rings. The third-order valence-corrected chi connectivity index (χ3v) is 5.26. The maximum atomic E-state index is 12.7. The minimum Gasteiger partial charge on any atom is -0.370 e. The van der Waals surface area contributed by atoms with Gasteiger partial charge in [0.15, 0.2) is 0 Å². The number of H-pyrrole nitrogens is 1. The summed E-state index contributed by atoms with van der Waals surface area (Å²) in [6.45, 7) is 1.81. The van der Waals surface area contributed by atoms with Crippen LogP contribution in [0.1, 0.15) is 6.42 Å². The maximum absolute atomic E-state index is 12.7. The molecule has 0 radical (unpaired) electrons. The minimum atomic E-state index is -0.279. The van der Waals surface area contributed by atoms with E-state index in [9.17, 15) is 4.79 Å². The highest BCUT2D eigenvalue weighted by Gasteiger charge is 2.20. The first-order valence-electron chi connectivity index (χ1n) is 9.01. The molecule has 136 valence electrons. The molecule has 5 N–H and O–H groups in total. The fraction of sp³-hybridized carbons (Fsp3) is 0.200. The number of anilines is 1. The van der Waals surface area contributed by atoms with E-state index in [2.05, 4.69) is 20.9 Å². The molecule has 2 aromatic carbocycles.